The summed E-state index contributed by atoms with van der Waals surface area (Å²) < 4.78 is 5.41. The van der Waals surface area contributed by atoms with Gasteiger partial charge in [-0.1, -0.05) is 75.2 Å². The molecule has 1 aliphatic carbocycles. The maximum absolute atomic E-state index is 12.9. The Balaban J connectivity index is 1.50. The van der Waals surface area contributed by atoms with E-state index in [0.717, 1.165) is 18.4 Å². The molecule has 5 nitrogen and oxygen atoms in total. The Morgan fingerprint density at radius 2 is 1.77 bits per heavy atom. The maximum Gasteiger partial charge on any atom is 0.339 e. The quantitative estimate of drug-likeness (QED) is 0.595. The van der Waals surface area contributed by atoms with Crippen LogP contribution < -0.4 is 5.32 Å². The van der Waals surface area contributed by atoms with Gasteiger partial charge in [-0.3, -0.25) is 4.79 Å². The zero-order chi connectivity index (χ0) is 21.8. The molecular formula is C26H28N2O3. The zero-order valence-electron chi connectivity index (χ0n) is 18.0. The number of nitrogens with zero attached hydrogens (tertiary/aromatic N) is 1. The van der Waals surface area contributed by atoms with Crippen molar-refractivity contribution in [2.45, 2.75) is 39.2 Å². The lowest BCUT2D eigenvalue weighted by molar-refractivity contribution is -0.125. The minimum absolute atomic E-state index is 0.140. The summed E-state index contributed by atoms with van der Waals surface area (Å²) in [7, 11) is 0. The van der Waals surface area contributed by atoms with Crippen molar-refractivity contribution in [3.8, 4) is 11.3 Å². The number of amides is 1. The van der Waals surface area contributed by atoms with Crippen molar-refractivity contribution < 1.29 is 14.3 Å². The van der Waals surface area contributed by atoms with Crippen LogP contribution in [0.2, 0.25) is 0 Å². The van der Waals surface area contributed by atoms with Crippen LogP contribution in [0.5, 0.6) is 0 Å². The normalized spacial score (nSPS) is 20.9. The summed E-state index contributed by atoms with van der Waals surface area (Å²) in [5.74, 6) is 0.240. The largest absolute Gasteiger partial charge is 0.452 e. The monoisotopic (exact) mass is 416 g/mol. The van der Waals surface area contributed by atoms with Crippen molar-refractivity contribution in [2.75, 3.05) is 6.61 Å². The number of hydrogen-bond acceptors (Lipinski definition) is 4. The number of nitrogens with one attached hydrogen (secondary N) is 1. The first-order chi connectivity index (χ1) is 15.0. The molecule has 5 heteroatoms. The summed E-state index contributed by atoms with van der Waals surface area (Å²) in [4.78, 5) is 30.1. The Kier molecular flexibility index (Phi) is 6.31. The summed E-state index contributed by atoms with van der Waals surface area (Å²) in [6.45, 7) is 4.12. The molecule has 1 fully saturated rings. The van der Waals surface area contributed by atoms with Gasteiger partial charge in [0.1, 0.15) is 0 Å². The van der Waals surface area contributed by atoms with Crippen LogP contribution in [0, 0.1) is 11.8 Å². The van der Waals surface area contributed by atoms with E-state index in [1.165, 1.54) is 6.42 Å². The summed E-state index contributed by atoms with van der Waals surface area (Å²) in [6.07, 6.45) is 3.28. The minimum Gasteiger partial charge on any atom is -0.452 e. The lowest BCUT2D eigenvalue weighted by Gasteiger charge is -2.34. The number of hydrogen-bond donors (Lipinski definition) is 1. The Bertz CT molecular complexity index is 1080. The number of benzene rings is 2. The minimum atomic E-state index is -0.518. The third kappa shape index (κ3) is 4.76. The number of carbonyl (C=O) groups excluding carboxylic acids is 2. The van der Waals surface area contributed by atoms with Crippen molar-refractivity contribution in [1.82, 2.24) is 10.3 Å². The highest BCUT2D eigenvalue weighted by Gasteiger charge is 2.28. The molecule has 160 valence electrons. The number of carbonyl (C=O) groups is 2. The molecule has 0 unspecified atom stereocenters. The molecule has 0 radical (unpaired) electrons. The smallest absolute Gasteiger partial charge is 0.339 e. The lowest BCUT2D eigenvalue weighted by atomic mass is 9.78. The second-order valence-electron chi connectivity index (χ2n) is 8.46. The molecule has 4 rings (SSSR count). The van der Waals surface area contributed by atoms with Crippen molar-refractivity contribution in [3.05, 3.63) is 66.2 Å². The third-order valence-corrected chi connectivity index (χ3v) is 6.39. The van der Waals surface area contributed by atoms with E-state index in [-0.39, 0.29) is 18.6 Å². The summed E-state index contributed by atoms with van der Waals surface area (Å²) in [5, 5.41) is 3.76. The second kappa shape index (κ2) is 9.29. The van der Waals surface area contributed by atoms with E-state index in [1.807, 2.05) is 54.6 Å². The predicted octanol–water partition coefficient (Wildman–Crippen LogP) is 5.00. The van der Waals surface area contributed by atoms with Gasteiger partial charge < -0.3 is 10.1 Å². The van der Waals surface area contributed by atoms with Gasteiger partial charge in [-0.2, -0.15) is 0 Å². The van der Waals surface area contributed by atoms with Crippen LogP contribution in [0.15, 0.2) is 60.7 Å². The van der Waals surface area contributed by atoms with Gasteiger partial charge in [0.05, 0.1) is 16.8 Å². The molecule has 1 saturated carbocycles. The van der Waals surface area contributed by atoms with Gasteiger partial charge >= 0.3 is 5.97 Å². The molecule has 0 spiro atoms. The van der Waals surface area contributed by atoms with Crippen LogP contribution in [0.3, 0.4) is 0 Å². The Labute approximate surface area is 182 Å². The van der Waals surface area contributed by atoms with Crippen molar-refractivity contribution in [3.63, 3.8) is 0 Å². The first-order valence-electron chi connectivity index (χ1n) is 10.9. The molecule has 1 aromatic heterocycles. The predicted molar refractivity (Wildman–Crippen MR) is 122 cm³/mol. The van der Waals surface area contributed by atoms with E-state index in [1.54, 1.807) is 6.07 Å². The molecule has 3 atom stereocenters. The van der Waals surface area contributed by atoms with Gasteiger partial charge in [0.15, 0.2) is 6.61 Å². The van der Waals surface area contributed by atoms with Crippen LogP contribution in [0.4, 0.5) is 0 Å². The number of rotatable bonds is 5. The highest BCUT2D eigenvalue weighted by Crippen LogP contribution is 2.29. The fourth-order valence-electron chi connectivity index (χ4n) is 4.34. The van der Waals surface area contributed by atoms with E-state index < -0.39 is 5.97 Å². The topological polar surface area (TPSA) is 68.3 Å². The second-order valence-corrected chi connectivity index (χ2v) is 8.46. The van der Waals surface area contributed by atoms with Gasteiger partial charge in [0.25, 0.3) is 5.91 Å². The molecule has 31 heavy (non-hydrogen) atoms. The van der Waals surface area contributed by atoms with E-state index >= 15 is 0 Å². The van der Waals surface area contributed by atoms with E-state index in [4.69, 9.17) is 4.74 Å². The molecule has 0 bridgehead atoms. The fourth-order valence-corrected chi connectivity index (χ4v) is 4.34. The number of ether oxygens (including phenoxy) is 1. The zero-order valence-corrected chi connectivity index (χ0v) is 18.0. The third-order valence-electron chi connectivity index (χ3n) is 6.39. The highest BCUT2D eigenvalue weighted by molar-refractivity contribution is 6.05. The molecule has 1 heterocycles. The Morgan fingerprint density at radius 1 is 1.03 bits per heavy atom. The summed E-state index contributed by atoms with van der Waals surface area (Å²) in [5.41, 5.74) is 2.74. The molecule has 0 aliphatic heterocycles. The van der Waals surface area contributed by atoms with Crippen molar-refractivity contribution in [2.24, 2.45) is 11.8 Å². The Hall–Kier alpha value is -3.21. The number of fused-ring (bicyclic) bond motifs is 1. The molecule has 2 aromatic carbocycles. The maximum atomic E-state index is 12.9. The van der Waals surface area contributed by atoms with Crippen LogP contribution in [-0.4, -0.2) is 29.5 Å². The number of para-hydroxylation sites is 1. The standard InChI is InChI=1S/C26H28N2O3/c1-17-9-8-14-22(18(17)2)28-25(29)16-31-26(30)21-15-24(19-10-4-3-5-11-19)27-23-13-7-6-12-20(21)23/h3-7,10-13,15,17-18,22H,8-9,14,16H2,1-2H3,(H,28,29)/t17-,18-,22+/m1/s1. The van der Waals surface area contributed by atoms with Gasteiger partial charge in [-0.15, -0.1) is 0 Å². The van der Waals surface area contributed by atoms with Gasteiger partial charge in [0.2, 0.25) is 0 Å². The van der Waals surface area contributed by atoms with Gasteiger partial charge in [0, 0.05) is 17.0 Å². The van der Waals surface area contributed by atoms with Crippen LogP contribution in [0.1, 0.15) is 43.5 Å². The van der Waals surface area contributed by atoms with Crippen LogP contribution in [-0.2, 0) is 9.53 Å². The summed E-state index contributed by atoms with van der Waals surface area (Å²) >= 11 is 0. The SMILES string of the molecule is C[C@@H]1[C@H](C)CCC[C@@H]1NC(=O)COC(=O)c1cc(-c2ccccc2)nc2ccccc12. The number of aromatic nitrogens is 1. The average molecular weight is 417 g/mol. The van der Waals surface area contributed by atoms with Crippen molar-refractivity contribution in [1.29, 1.82) is 0 Å². The highest BCUT2D eigenvalue weighted by atomic mass is 16.5. The molecule has 3 aromatic rings. The first-order valence-corrected chi connectivity index (χ1v) is 10.9. The van der Waals surface area contributed by atoms with E-state index in [2.05, 4.69) is 24.1 Å². The van der Waals surface area contributed by atoms with Crippen LogP contribution in [0.25, 0.3) is 22.2 Å². The first kappa shape index (κ1) is 21.0. The fraction of sp³-hybridized carbons (Fsp3) is 0.346. The Morgan fingerprint density at radius 3 is 2.58 bits per heavy atom. The number of esters is 1. The molecule has 0 saturated heterocycles. The van der Waals surface area contributed by atoms with Crippen molar-refractivity contribution >= 4 is 22.8 Å². The average Bonchev–Trinajstić information content (AvgIpc) is 2.80. The van der Waals surface area contributed by atoms with E-state index in [0.29, 0.717) is 34.0 Å². The van der Waals surface area contributed by atoms with Gasteiger partial charge in [-0.25, -0.2) is 9.78 Å². The molecule has 1 aliphatic rings. The van der Waals surface area contributed by atoms with E-state index in [9.17, 15) is 9.59 Å². The summed E-state index contributed by atoms with van der Waals surface area (Å²) in [6, 6.07) is 19.0. The molecule has 1 amide bonds. The number of pyridine rings is 1. The molecule has 1 N–H and O–H groups in total. The lowest BCUT2D eigenvalue weighted by Crippen LogP contribution is -2.45. The van der Waals surface area contributed by atoms with Gasteiger partial charge in [-0.05, 0) is 30.4 Å². The molecular weight excluding hydrogens is 388 g/mol. The van der Waals surface area contributed by atoms with Crippen LogP contribution >= 0.6 is 0 Å².